The van der Waals surface area contributed by atoms with Gasteiger partial charge < -0.3 is 20.3 Å². The second-order valence-electron chi connectivity index (χ2n) is 4.59. The van der Waals surface area contributed by atoms with Gasteiger partial charge in [0, 0.05) is 17.3 Å². The van der Waals surface area contributed by atoms with Crippen LogP contribution in [0.3, 0.4) is 0 Å². The Bertz CT molecular complexity index is 705. The molecule has 0 aromatic heterocycles. The lowest BCUT2D eigenvalue weighted by Gasteiger charge is -2.09. The Morgan fingerprint density at radius 2 is 1.77 bits per heavy atom. The number of nitrogen functional groups attached to an aromatic ring is 1. The average Bonchev–Trinajstić information content (AvgIpc) is 2.53. The molecule has 114 valence electrons. The van der Waals surface area contributed by atoms with Gasteiger partial charge in [0.25, 0.3) is 0 Å². The molecule has 0 unspecified atom stereocenters. The Balaban J connectivity index is 2.51. The highest BCUT2D eigenvalue weighted by Crippen LogP contribution is 2.29. The van der Waals surface area contributed by atoms with Crippen LogP contribution in [0, 0.1) is 0 Å². The van der Waals surface area contributed by atoms with Crippen molar-refractivity contribution < 1.29 is 19.4 Å². The molecule has 0 heterocycles. The molecule has 0 bridgehead atoms. The number of carboxylic acid groups (broad SMARTS) is 1. The van der Waals surface area contributed by atoms with E-state index in [4.69, 9.17) is 15.2 Å². The molecule has 0 radical (unpaired) electrons. The first-order valence-corrected chi connectivity index (χ1v) is 6.58. The van der Waals surface area contributed by atoms with Gasteiger partial charge in [0.05, 0.1) is 19.8 Å². The van der Waals surface area contributed by atoms with Crippen molar-refractivity contribution in [2.75, 3.05) is 20.0 Å². The third-order valence-corrected chi connectivity index (χ3v) is 3.19. The molecule has 2 aromatic carbocycles. The number of aliphatic carboxylic acids is 1. The Labute approximate surface area is 128 Å². The normalized spacial score (nSPS) is 11.1. The summed E-state index contributed by atoms with van der Waals surface area (Å²) < 4.78 is 10.4. The van der Waals surface area contributed by atoms with Crippen molar-refractivity contribution in [1.82, 2.24) is 0 Å². The van der Waals surface area contributed by atoms with E-state index in [0.29, 0.717) is 28.3 Å². The highest BCUT2D eigenvalue weighted by molar-refractivity contribution is 6.20. The number of carboxylic acids is 1. The standard InChI is InChI=1S/C17H17NO4/c1-21-14-8-5-12(16(10-14)22-2)9-15(17(19)20)11-3-6-13(18)7-4-11/h3-10H,18H2,1-2H3,(H,19,20)/b15-9-. The van der Waals surface area contributed by atoms with E-state index in [2.05, 4.69) is 0 Å². The van der Waals surface area contributed by atoms with Gasteiger partial charge in [0.1, 0.15) is 11.5 Å². The Morgan fingerprint density at radius 3 is 2.32 bits per heavy atom. The van der Waals surface area contributed by atoms with Crippen molar-refractivity contribution in [3.05, 3.63) is 53.6 Å². The quantitative estimate of drug-likeness (QED) is 0.504. The van der Waals surface area contributed by atoms with E-state index in [1.165, 1.54) is 7.11 Å². The van der Waals surface area contributed by atoms with Crippen LogP contribution in [0.25, 0.3) is 11.6 Å². The van der Waals surface area contributed by atoms with Gasteiger partial charge in [0.2, 0.25) is 0 Å². The molecule has 0 aliphatic carbocycles. The van der Waals surface area contributed by atoms with E-state index in [9.17, 15) is 9.90 Å². The van der Waals surface area contributed by atoms with Crippen LogP contribution in [-0.4, -0.2) is 25.3 Å². The van der Waals surface area contributed by atoms with Crippen LogP contribution >= 0.6 is 0 Å². The van der Waals surface area contributed by atoms with E-state index in [1.54, 1.807) is 55.7 Å². The summed E-state index contributed by atoms with van der Waals surface area (Å²) in [7, 11) is 3.08. The van der Waals surface area contributed by atoms with Crippen LogP contribution in [0.1, 0.15) is 11.1 Å². The van der Waals surface area contributed by atoms with Gasteiger partial charge in [-0.2, -0.15) is 0 Å². The molecule has 5 heteroatoms. The van der Waals surface area contributed by atoms with E-state index in [1.807, 2.05) is 0 Å². The van der Waals surface area contributed by atoms with E-state index < -0.39 is 5.97 Å². The van der Waals surface area contributed by atoms with Gasteiger partial charge in [-0.15, -0.1) is 0 Å². The molecular formula is C17H17NO4. The molecule has 0 spiro atoms. The maximum atomic E-state index is 11.5. The topological polar surface area (TPSA) is 81.8 Å². The fourth-order valence-corrected chi connectivity index (χ4v) is 2.02. The van der Waals surface area contributed by atoms with Crippen molar-refractivity contribution >= 4 is 23.3 Å². The van der Waals surface area contributed by atoms with Gasteiger partial charge >= 0.3 is 5.97 Å². The van der Waals surface area contributed by atoms with Gasteiger partial charge in [-0.25, -0.2) is 4.79 Å². The minimum absolute atomic E-state index is 0.156. The van der Waals surface area contributed by atoms with Crippen molar-refractivity contribution in [3.63, 3.8) is 0 Å². The zero-order valence-corrected chi connectivity index (χ0v) is 12.4. The summed E-state index contributed by atoms with van der Waals surface area (Å²) in [5, 5.41) is 9.46. The molecule has 3 N–H and O–H groups in total. The Kier molecular flexibility index (Phi) is 4.68. The average molecular weight is 299 g/mol. The molecule has 22 heavy (non-hydrogen) atoms. The van der Waals surface area contributed by atoms with Gasteiger partial charge in [0.15, 0.2) is 0 Å². The fourth-order valence-electron chi connectivity index (χ4n) is 2.02. The number of hydrogen-bond donors (Lipinski definition) is 2. The maximum absolute atomic E-state index is 11.5. The van der Waals surface area contributed by atoms with Crippen molar-refractivity contribution in [1.29, 1.82) is 0 Å². The van der Waals surface area contributed by atoms with Crippen LogP contribution in [0.5, 0.6) is 11.5 Å². The first-order chi connectivity index (χ1) is 10.5. The van der Waals surface area contributed by atoms with Crippen molar-refractivity contribution in [3.8, 4) is 11.5 Å². The number of hydrogen-bond acceptors (Lipinski definition) is 4. The predicted molar refractivity (Wildman–Crippen MR) is 85.9 cm³/mol. The third-order valence-electron chi connectivity index (χ3n) is 3.19. The fraction of sp³-hybridized carbons (Fsp3) is 0.118. The first-order valence-electron chi connectivity index (χ1n) is 6.58. The van der Waals surface area contributed by atoms with Crippen molar-refractivity contribution in [2.45, 2.75) is 0 Å². The Hall–Kier alpha value is -2.95. The lowest BCUT2D eigenvalue weighted by molar-refractivity contribution is -0.130. The maximum Gasteiger partial charge on any atom is 0.336 e. The summed E-state index contributed by atoms with van der Waals surface area (Å²) in [6.07, 6.45) is 1.56. The van der Waals surface area contributed by atoms with E-state index in [0.717, 1.165) is 0 Å². The Morgan fingerprint density at radius 1 is 1.09 bits per heavy atom. The summed E-state index contributed by atoms with van der Waals surface area (Å²) >= 11 is 0. The van der Waals surface area contributed by atoms with Crippen LogP contribution in [-0.2, 0) is 4.79 Å². The molecule has 0 amide bonds. The smallest absolute Gasteiger partial charge is 0.336 e. The lowest BCUT2D eigenvalue weighted by Crippen LogP contribution is -2.00. The van der Waals surface area contributed by atoms with Crippen LogP contribution < -0.4 is 15.2 Å². The monoisotopic (exact) mass is 299 g/mol. The number of benzene rings is 2. The summed E-state index contributed by atoms with van der Waals surface area (Å²) in [4.78, 5) is 11.5. The molecular weight excluding hydrogens is 282 g/mol. The molecule has 2 aromatic rings. The highest BCUT2D eigenvalue weighted by Gasteiger charge is 2.12. The SMILES string of the molecule is COc1ccc(/C=C(\C(=O)O)c2ccc(N)cc2)c(OC)c1. The zero-order chi connectivity index (χ0) is 16.1. The third kappa shape index (κ3) is 3.38. The number of ether oxygens (including phenoxy) is 2. The minimum Gasteiger partial charge on any atom is -0.497 e. The van der Waals surface area contributed by atoms with Crippen molar-refractivity contribution in [2.24, 2.45) is 0 Å². The number of anilines is 1. The number of rotatable bonds is 5. The number of nitrogens with two attached hydrogens (primary N) is 1. The highest BCUT2D eigenvalue weighted by atomic mass is 16.5. The van der Waals surface area contributed by atoms with Crippen LogP contribution in [0.4, 0.5) is 5.69 Å². The summed E-state index contributed by atoms with van der Waals surface area (Å²) in [5.41, 5.74) is 7.59. The van der Waals surface area contributed by atoms with Crippen LogP contribution in [0.15, 0.2) is 42.5 Å². The molecule has 0 aliphatic rings. The van der Waals surface area contributed by atoms with Crippen LogP contribution in [0.2, 0.25) is 0 Å². The molecule has 5 nitrogen and oxygen atoms in total. The molecule has 0 saturated carbocycles. The van der Waals surface area contributed by atoms with E-state index in [-0.39, 0.29) is 5.57 Å². The minimum atomic E-state index is -1.03. The molecule has 0 fully saturated rings. The molecule has 2 rings (SSSR count). The predicted octanol–water partition coefficient (Wildman–Crippen LogP) is 2.91. The number of methoxy groups -OCH3 is 2. The summed E-state index contributed by atoms with van der Waals surface area (Å²) in [6, 6.07) is 11.9. The van der Waals surface area contributed by atoms with E-state index >= 15 is 0 Å². The second-order valence-corrected chi connectivity index (χ2v) is 4.59. The lowest BCUT2D eigenvalue weighted by atomic mass is 10.0. The zero-order valence-electron chi connectivity index (χ0n) is 12.4. The van der Waals surface area contributed by atoms with Gasteiger partial charge in [-0.3, -0.25) is 0 Å². The first kappa shape index (κ1) is 15.4. The second kappa shape index (κ2) is 6.67. The number of carbonyl (C=O) groups is 1. The van der Waals surface area contributed by atoms with Gasteiger partial charge in [-0.1, -0.05) is 12.1 Å². The van der Waals surface area contributed by atoms with Gasteiger partial charge in [-0.05, 0) is 35.9 Å². The molecule has 0 aliphatic heterocycles. The summed E-state index contributed by atoms with van der Waals surface area (Å²) in [5.74, 6) is 0.148. The largest absolute Gasteiger partial charge is 0.497 e. The molecule has 0 atom stereocenters. The summed E-state index contributed by atoms with van der Waals surface area (Å²) in [6.45, 7) is 0. The molecule has 0 saturated heterocycles.